The number of nitriles is 1. The first-order valence-electron chi connectivity index (χ1n) is 8.30. The van der Waals surface area contributed by atoms with Gasteiger partial charge in [0.2, 0.25) is 11.5 Å². The van der Waals surface area contributed by atoms with E-state index >= 15 is 0 Å². The molecule has 0 spiro atoms. The van der Waals surface area contributed by atoms with Crippen LogP contribution in [0.3, 0.4) is 0 Å². The van der Waals surface area contributed by atoms with Gasteiger partial charge in [-0.3, -0.25) is 0 Å². The van der Waals surface area contributed by atoms with Crippen LogP contribution in [0.4, 0.5) is 0 Å². The molecule has 2 rings (SSSR count). The lowest BCUT2D eigenvalue weighted by Gasteiger charge is -2.16. The summed E-state index contributed by atoms with van der Waals surface area (Å²) < 4.78 is 32.4. The van der Waals surface area contributed by atoms with Gasteiger partial charge in [0.05, 0.1) is 54.3 Å². The third kappa shape index (κ3) is 3.76. The molecule has 0 bridgehead atoms. The van der Waals surface area contributed by atoms with Crippen LogP contribution >= 0.6 is 0 Å². The zero-order chi connectivity index (χ0) is 20.7. The summed E-state index contributed by atoms with van der Waals surface area (Å²) in [6, 6.07) is 9.19. The van der Waals surface area contributed by atoms with E-state index < -0.39 is 0 Å². The van der Waals surface area contributed by atoms with Crippen LogP contribution in [0.15, 0.2) is 24.3 Å². The Kier molecular flexibility index (Phi) is 6.99. The molecule has 0 radical (unpaired) electrons. The highest BCUT2D eigenvalue weighted by Gasteiger charge is 2.20. The molecule has 7 heteroatoms. The molecule has 28 heavy (non-hydrogen) atoms. The smallest absolute Gasteiger partial charge is 0.203 e. The maximum Gasteiger partial charge on any atom is 0.203 e. The average molecular weight is 385 g/mol. The highest BCUT2D eigenvalue weighted by molar-refractivity contribution is 5.94. The van der Waals surface area contributed by atoms with E-state index in [0.29, 0.717) is 51.2 Å². The summed E-state index contributed by atoms with van der Waals surface area (Å²) in [5.74, 6) is 2.73. The molecular weight excluding hydrogens is 362 g/mol. The summed E-state index contributed by atoms with van der Waals surface area (Å²) in [6.07, 6.45) is 1.69. The molecule has 0 heterocycles. The van der Waals surface area contributed by atoms with Gasteiger partial charge in [0.25, 0.3) is 0 Å². The predicted molar refractivity (Wildman–Crippen MR) is 106 cm³/mol. The zero-order valence-electron chi connectivity index (χ0n) is 16.8. The molecule has 0 aliphatic heterocycles. The molecule has 0 aromatic heterocycles. The van der Waals surface area contributed by atoms with Crippen molar-refractivity contribution in [2.24, 2.45) is 0 Å². The first kappa shape index (κ1) is 20.8. The van der Waals surface area contributed by atoms with Gasteiger partial charge in [-0.1, -0.05) is 0 Å². The van der Waals surface area contributed by atoms with E-state index in [1.165, 1.54) is 35.5 Å². The Hall–Kier alpha value is -3.53. The van der Waals surface area contributed by atoms with E-state index in [-0.39, 0.29) is 0 Å². The molecule has 2 aromatic carbocycles. The first-order chi connectivity index (χ1) is 13.6. The number of ether oxygens (including phenoxy) is 6. The molecule has 0 saturated heterocycles. The van der Waals surface area contributed by atoms with Crippen LogP contribution in [0, 0.1) is 11.3 Å². The lowest BCUT2D eigenvalue weighted by molar-refractivity contribution is 0.323. The number of benzene rings is 2. The standard InChI is InChI=1S/C21H23NO6/c1-23-16-9-7-13(18(25-3)20(16)27-5)11-14(12-22)15-8-10-17(24-2)21(28-6)19(15)26-4/h7-11H,1-6H3/b14-11+. The van der Waals surface area contributed by atoms with E-state index in [2.05, 4.69) is 6.07 Å². The summed E-state index contributed by atoms with van der Waals surface area (Å²) in [7, 11) is 9.15. The Labute approximate surface area is 164 Å². The zero-order valence-corrected chi connectivity index (χ0v) is 16.8. The molecule has 148 valence electrons. The third-order valence-electron chi connectivity index (χ3n) is 4.15. The largest absolute Gasteiger partial charge is 0.493 e. The maximum atomic E-state index is 9.80. The minimum absolute atomic E-state index is 0.350. The highest BCUT2D eigenvalue weighted by Crippen LogP contribution is 2.44. The van der Waals surface area contributed by atoms with Gasteiger partial charge in [0.15, 0.2) is 23.0 Å². The summed E-state index contributed by atoms with van der Waals surface area (Å²) >= 11 is 0. The van der Waals surface area contributed by atoms with Crippen molar-refractivity contribution in [3.63, 3.8) is 0 Å². The van der Waals surface area contributed by atoms with Crippen LogP contribution in [0.25, 0.3) is 11.6 Å². The van der Waals surface area contributed by atoms with Crippen molar-refractivity contribution in [1.29, 1.82) is 5.26 Å². The Balaban J connectivity index is 2.71. The Morgan fingerprint density at radius 3 is 1.64 bits per heavy atom. The van der Waals surface area contributed by atoms with Crippen molar-refractivity contribution in [2.75, 3.05) is 42.7 Å². The fourth-order valence-electron chi connectivity index (χ4n) is 2.88. The van der Waals surface area contributed by atoms with Crippen molar-refractivity contribution in [1.82, 2.24) is 0 Å². The molecule has 0 fully saturated rings. The molecule has 0 amide bonds. The van der Waals surface area contributed by atoms with Gasteiger partial charge in [0, 0.05) is 11.1 Å². The molecule has 0 N–H and O–H groups in total. The fourth-order valence-corrected chi connectivity index (χ4v) is 2.88. The van der Waals surface area contributed by atoms with Crippen LogP contribution in [-0.2, 0) is 0 Å². The van der Waals surface area contributed by atoms with E-state index in [0.717, 1.165) is 0 Å². The van der Waals surface area contributed by atoms with Crippen molar-refractivity contribution in [3.05, 3.63) is 35.4 Å². The molecule has 7 nitrogen and oxygen atoms in total. The lowest BCUT2D eigenvalue weighted by atomic mass is 10.0. The van der Waals surface area contributed by atoms with Crippen molar-refractivity contribution in [3.8, 4) is 40.6 Å². The van der Waals surface area contributed by atoms with Gasteiger partial charge in [-0.05, 0) is 30.3 Å². The molecule has 0 saturated carbocycles. The summed E-state index contributed by atoms with van der Waals surface area (Å²) in [5.41, 5.74) is 1.55. The SMILES string of the molecule is COc1ccc(/C=C(\C#N)c2ccc(OC)c(OC)c2OC)c(OC)c1OC. The topological polar surface area (TPSA) is 79.2 Å². The number of hydrogen-bond acceptors (Lipinski definition) is 7. The number of rotatable bonds is 8. The van der Waals surface area contributed by atoms with E-state index in [9.17, 15) is 5.26 Å². The monoisotopic (exact) mass is 385 g/mol. The van der Waals surface area contributed by atoms with E-state index in [1.807, 2.05) is 0 Å². The minimum atomic E-state index is 0.350. The van der Waals surface area contributed by atoms with Crippen LogP contribution in [0.1, 0.15) is 11.1 Å². The quantitative estimate of drug-likeness (QED) is 0.505. The van der Waals surface area contributed by atoms with Gasteiger partial charge in [-0.25, -0.2) is 0 Å². The molecule has 0 unspecified atom stereocenters. The van der Waals surface area contributed by atoms with Crippen molar-refractivity contribution < 1.29 is 28.4 Å². The number of methoxy groups -OCH3 is 6. The van der Waals surface area contributed by atoms with Crippen LogP contribution in [0.5, 0.6) is 34.5 Å². The van der Waals surface area contributed by atoms with Crippen molar-refractivity contribution >= 4 is 11.6 Å². The molecule has 2 aromatic rings. The first-order valence-corrected chi connectivity index (χ1v) is 8.30. The Morgan fingerprint density at radius 2 is 1.18 bits per heavy atom. The van der Waals surface area contributed by atoms with Gasteiger partial charge >= 0.3 is 0 Å². The van der Waals surface area contributed by atoms with E-state index in [1.54, 1.807) is 37.5 Å². The minimum Gasteiger partial charge on any atom is -0.493 e. The van der Waals surface area contributed by atoms with Gasteiger partial charge < -0.3 is 28.4 Å². The van der Waals surface area contributed by atoms with E-state index in [4.69, 9.17) is 28.4 Å². The van der Waals surface area contributed by atoms with Crippen molar-refractivity contribution in [2.45, 2.75) is 0 Å². The summed E-state index contributed by atoms with van der Waals surface area (Å²) in [6.45, 7) is 0. The normalized spacial score (nSPS) is 10.7. The second kappa shape index (κ2) is 9.42. The van der Waals surface area contributed by atoms with Crippen LogP contribution < -0.4 is 28.4 Å². The second-order valence-electron chi connectivity index (χ2n) is 5.48. The number of nitrogens with zero attached hydrogens (tertiary/aromatic N) is 1. The van der Waals surface area contributed by atoms with Gasteiger partial charge in [-0.2, -0.15) is 5.26 Å². The second-order valence-corrected chi connectivity index (χ2v) is 5.48. The maximum absolute atomic E-state index is 9.80. The predicted octanol–water partition coefficient (Wildman–Crippen LogP) is 3.80. The molecule has 0 atom stereocenters. The van der Waals surface area contributed by atoms with Crippen LogP contribution in [0.2, 0.25) is 0 Å². The summed E-state index contributed by atoms with van der Waals surface area (Å²) in [4.78, 5) is 0. The number of hydrogen-bond donors (Lipinski definition) is 0. The lowest BCUT2D eigenvalue weighted by Crippen LogP contribution is -1.99. The summed E-state index contributed by atoms with van der Waals surface area (Å²) in [5, 5.41) is 9.80. The Morgan fingerprint density at radius 1 is 0.679 bits per heavy atom. The Bertz CT molecular complexity index is 914. The molecule has 0 aliphatic carbocycles. The van der Waals surface area contributed by atoms with Crippen LogP contribution in [-0.4, -0.2) is 42.7 Å². The van der Waals surface area contributed by atoms with Gasteiger partial charge in [-0.15, -0.1) is 0 Å². The number of allylic oxidation sites excluding steroid dienone is 1. The third-order valence-corrected chi connectivity index (χ3v) is 4.15. The molecular formula is C21H23NO6. The average Bonchev–Trinajstić information content (AvgIpc) is 2.75. The highest BCUT2D eigenvalue weighted by atomic mass is 16.5. The fraction of sp³-hybridized carbons (Fsp3) is 0.286. The molecule has 0 aliphatic rings. The van der Waals surface area contributed by atoms with Gasteiger partial charge in [0.1, 0.15) is 0 Å².